The zero-order chi connectivity index (χ0) is 10.6. The summed E-state index contributed by atoms with van der Waals surface area (Å²) in [7, 11) is 2.03. The van der Waals surface area contributed by atoms with Crippen molar-refractivity contribution in [1.82, 2.24) is 15.5 Å². The summed E-state index contributed by atoms with van der Waals surface area (Å²) in [6, 6.07) is 0. The van der Waals surface area contributed by atoms with Gasteiger partial charge in [0.1, 0.15) is 5.51 Å². The van der Waals surface area contributed by atoms with E-state index in [1.54, 1.807) is 16.8 Å². The monoisotopic (exact) mass is 214 g/mol. The molecule has 1 aromatic heterocycles. The Morgan fingerprint density at radius 3 is 2.71 bits per heavy atom. The Hall–Kier alpha value is -0.680. The molecule has 5 heteroatoms. The topological polar surface area (TPSA) is 41.0 Å². The second-order valence-corrected chi connectivity index (χ2v) is 5.13. The van der Waals surface area contributed by atoms with E-state index in [9.17, 15) is 0 Å². The molecule has 0 spiro atoms. The fraction of sp³-hybridized carbons (Fsp3) is 0.778. The van der Waals surface area contributed by atoms with Crippen LogP contribution in [-0.2, 0) is 0 Å². The van der Waals surface area contributed by atoms with Crippen LogP contribution in [0.15, 0.2) is 5.51 Å². The van der Waals surface area contributed by atoms with Crippen molar-refractivity contribution in [2.24, 2.45) is 0 Å². The molecule has 0 unspecified atom stereocenters. The minimum atomic E-state index is 0.183. The van der Waals surface area contributed by atoms with Crippen molar-refractivity contribution in [3.63, 3.8) is 0 Å². The van der Waals surface area contributed by atoms with Crippen LogP contribution in [0.2, 0.25) is 0 Å². The molecule has 0 fully saturated rings. The summed E-state index contributed by atoms with van der Waals surface area (Å²) < 4.78 is 0. The molecule has 0 aliphatic carbocycles. The largest absolute Gasteiger partial charge is 0.348 e. The highest BCUT2D eigenvalue weighted by Crippen LogP contribution is 2.12. The Kier molecular flexibility index (Phi) is 3.83. The highest BCUT2D eigenvalue weighted by Gasteiger charge is 2.09. The molecule has 0 aliphatic heterocycles. The van der Waals surface area contributed by atoms with Gasteiger partial charge in [0.2, 0.25) is 5.13 Å². The van der Waals surface area contributed by atoms with Gasteiger partial charge in [0.15, 0.2) is 0 Å². The summed E-state index contributed by atoms with van der Waals surface area (Å²) in [5.41, 5.74) is 1.94. The number of hydrogen-bond acceptors (Lipinski definition) is 5. The van der Waals surface area contributed by atoms with Gasteiger partial charge in [-0.05, 0) is 20.8 Å². The van der Waals surface area contributed by atoms with E-state index in [1.807, 2.05) is 7.05 Å². The Morgan fingerprint density at radius 1 is 1.50 bits per heavy atom. The van der Waals surface area contributed by atoms with E-state index >= 15 is 0 Å². The van der Waals surface area contributed by atoms with Crippen molar-refractivity contribution >= 4 is 16.5 Å². The summed E-state index contributed by atoms with van der Waals surface area (Å²) in [4.78, 5) is 2.11. The SMILES string of the molecule is CN(CCNC(C)(C)C)c1nncs1. The summed E-state index contributed by atoms with van der Waals surface area (Å²) >= 11 is 1.56. The number of aromatic nitrogens is 2. The molecular formula is C9H18N4S. The van der Waals surface area contributed by atoms with Crippen LogP contribution in [0.5, 0.6) is 0 Å². The van der Waals surface area contributed by atoms with Gasteiger partial charge in [0.25, 0.3) is 0 Å². The predicted molar refractivity (Wildman–Crippen MR) is 60.9 cm³/mol. The van der Waals surface area contributed by atoms with Gasteiger partial charge in [-0.3, -0.25) is 0 Å². The van der Waals surface area contributed by atoms with Crippen molar-refractivity contribution in [3.8, 4) is 0 Å². The molecule has 0 aromatic carbocycles. The number of nitrogens with one attached hydrogen (secondary N) is 1. The van der Waals surface area contributed by atoms with Crippen LogP contribution in [0.1, 0.15) is 20.8 Å². The van der Waals surface area contributed by atoms with Crippen molar-refractivity contribution in [1.29, 1.82) is 0 Å². The van der Waals surface area contributed by atoms with Crippen LogP contribution in [0, 0.1) is 0 Å². The van der Waals surface area contributed by atoms with Gasteiger partial charge in [0.05, 0.1) is 0 Å². The Morgan fingerprint density at radius 2 is 2.21 bits per heavy atom. The van der Waals surface area contributed by atoms with Gasteiger partial charge in [0, 0.05) is 25.7 Å². The van der Waals surface area contributed by atoms with E-state index in [0.717, 1.165) is 18.2 Å². The predicted octanol–water partition coefficient (Wildman–Crippen LogP) is 1.36. The van der Waals surface area contributed by atoms with Crippen LogP contribution in [0.4, 0.5) is 5.13 Å². The second-order valence-electron chi connectivity index (χ2n) is 4.32. The fourth-order valence-corrected chi connectivity index (χ4v) is 1.58. The van der Waals surface area contributed by atoms with Crippen molar-refractivity contribution < 1.29 is 0 Å². The molecule has 1 heterocycles. The Labute approximate surface area is 89.3 Å². The van der Waals surface area contributed by atoms with E-state index in [2.05, 4.69) is 41.2 Å². The van der Waals surface area contributed by atoms with Crippen LogP contribution in [-0.4, -0.2) is 35.9 Å². The van der Waals surface area contributed by atoms with E-state index in [0.29, 0.717) is 0 Å². The highest BCUT2D eigenvalue weighted by molar-refractivity contribution is 7.13. The quantitative estimate of drug-likeness (QED) is 0.821. The standard InChI is InChI=1S/C9H18N4S/c1-9(2,3)10-5-6-13(4)8-12-11-7-14-8/h7,10H,5-6H2,1-4H3. The maximum atomic E-state index is 4.00. The zero-order valence-electron chi connectivity index (χ0n) is 9.24. The lowest BCUT2D eigenvalue weighted by Gasteiger charge is -2.23. The van der Waals surface area contributed by atoms with Gasteiger partial charge in [-0.2, -0.15) is 0 Å². The fourth-order valence-electron chi connectivity index (χ4n) is 1.03. The number of rotatable bonds is 4. The third-order valence-electron chi connectivity index (χ3n) is 1.78. The highest BCUT2D eigenvalue weighted by atomic mass is 32.1. The van der Waals surface area contributed by atoms with Gasteiger partial charge in [-0.25, -0.2) is 0 Å². The van der Waals surface area contributed by atoms with E-state index in [1.165, 1.54) is 0 Å². The molecule has 0 saturated heterocycles. The van der Waals surface area contributed by atoms with Gasteiger partial charge >= 0.3 is 0 Å². The summed E-state index contributed by atoms with van der Waals surface area (Å²) in [6.45, 7) is 8.40. The Balaban J connectivity index is 2.26. The van der Waals surface area contributed by atoms with Crippen LogP contribution >= 0.6 is 11.3 Å². The molecule has 80 valence electrons. The minimum Gasteiger partial charge on any atom is -0.348 e. The van der Waals surface area contributed by atoms with Gasteiger partial charge in [-0.15, -0.1) is 10.2 Å². The lowest BCUT2D eigenvalue weighted by molar-refractivity contribution is 0.431. The summed E-state index contributed by atoms with van der Waals surface area (Å²) in [5.74, 6) is 0. The normalized spacial score (nSPS) is 11.7. The molecule has 0 saturated carbocycles. The van der Waals surface area contributed by atoms with Crippen LogP contribution < -0.4 is 10.2 Å². The molecule has 0 aliphatic rings. The third-order valence-corrected chi connectivity index (χ3v) is 2.58. The maximum absolute atomic E-state index is 4.00. The van der Waals surface area contributed by atoms with E-state index < -0.39 is 0 Å². The molecule has 0 radical (unpaired) electrons. The average Bonchev–Trinajstić information content (AvgIpc) is 2.53. The maximum Gasteiger partial charge on any atom is 0.207 e. The first-order chi connectivity index (χ1) is 6.49. The van der Waals surface area contributed by atoms with Crippen LogP contribution in [0.3, 0.4) is 0 Å². The first kappa shape index (κ1) is 11.4. The number of hydrogen-bond donors (Lipinski definition) is 1. The lowest BCUT2D eigenvalue weighted by Crippen LogP contribution is -2.40. The second kappa shape index (κ2) is 4.70. The molecular weight excluding hydrogens is 196 g/mol. The number of likely N-dealkylation sites (N-methyl/N-ethyl adjacent to an activating group) is 1. The van der Waals surface area contributed by atoms with Gasteiger partial charge in [-0.1, -0.05) is 11.3 Å². The van der Waals surface area contributed by atoms with Gasteiger partial charge < -0.3 is 10.2 Å². The third kappa shape index (κ3) is 4.02. The molecule has 0 bridgehead atoms. The number of nitrogens with zero attached hydrogens (tertiary/aromatic N) is 3. The first-order valence-electron chi connectivity index (χ1n) is 4.71. The smallest absolute Gasteiger partial charge is 0.207 e. The van der Waals surface area contributed by atoms with E-state index in [4.69, 9.17) is 0 Å². The van der Waals surface area contributed by atoms with Crippen LogP contribution in [0.25, 0.3) is 0 Å². The van der Waals surface area contributed by atoms with Crippen molar-refractivity contribution in [2.75, 3.05) is 25.0 Å². The summed E-state index contributed by atoms with van der Waals surface area (Å²) in [5, 5.41) is 12.2. The lowest BCUT2D eigenvalue weighted by atomic mass is 10.1. The molecule has 1 rings (SSSR count). The van der Waals surface area contributed by atoms with E-state index in [-0.39, 0.29) is 5.54 Å². The molecule has 1 N–H and O–H groups in total. The van der Waals surface area contributed by atoms with Crippen molar-refractivity contribution in [2.45, 2.75) is 26.3 Å². The minimum absolute atomic E-state index is 0.183. The Bertz CT molecular complexity index is 252. The molecule has 0 atom stereocenters. The first-order valence-corrected chi connectivity index (χ1v) is 5.59. The average molecular weight is 214 g/mol. The summed E-state index contributed by atoms with van der Waals surface area (Å²) in [6.07, 6.45) is 0. The molecule has 0 amide bonds. The zero-order valence-corrected chi connectivity index (χ0v) is 10.1. The van der Waals surface area contributed by atoms with Crippen molar-refractivity contribution in [3.05, 3.63) is 5.51 Å². The molecule has 1 aromatic rings. The molecule has 4 nitrogen and oxygen atoms in total. The molecule has 14 heavy (non-hydrogen) atoms. The number of anilines is 1.